The summed E-state index contributed by atoms with van der Waals surface area (Å²) in [6, 6.07) is 9.81. The molecule has 0 radical (unpaired) electrons. The molecule has 2 aliphatic rings. The van der Waals surface area contributed by atoms with Gasteiger partial charge < -0.3 is 30.7 Å². The molecule has 1 amide bonds. The van der Waals surface area contributed by atoms with E-state index in [4.69, 9.17) is 24.5 Å². The van der Waals surface area contributed by atoms with Crippen molar-refractivity contribution in [3.05, 3.63) is 35.9 Å². The highest BCUT2D eigenvalue weighted by molar-refractivity contribution is 5.86. The minimum atomic E-state index is -0.833. The topological polar surface area (TPSA) is 148 Å². The first-order chi connectivity index (χ1) is 15.4. The SMILES string of the molecule is CC(=O)O.CC(=O)O.CC(C)(C(=O)N[C@@]1(c2ccccc2)CCNC[C@H]1O)N1CCOCC1. The third-order valence-electron chi connectivity index (χ3n) is 5.59. The number of carbonyl (C=O) groups is 3. The number of nitrogens with one attached hydrogen (secondary N) is 2. The zero-order valence-electron chi connectivity index (χ0n) is 19.8. The first-order valence-corrected chi connectivity index (χ1v) is 10.9. The Balaban J connectivity index is 0.000000591. The number of amides is 1. The lowest BCUT2D eigenvalue weighted by atomic mass is 9.78. The van der Waals surface area contributed by atoms with Crippen molar-refractivity contribution >= 4 is 17.8 Å². The molecule has 3 rings (SSSR count). The standard InChI is InChI=1S/C19H29N3O3.2C2H4O2/c1-18(2,22-10-12-25-13-11-22)17(24)21-19(8-9-20-14-16(19)23)15-6-4-3-5-7-15;2*1-2(3)4/h3-7,16,20,23H,8-14H2,1-2H3,(H,21,24);2*1H3,(H,3,4)/t16-,19-;;/m1../s1. The molecule has 2 fully saturated rings. The van der Waals surface area contributed by atoms with E-state index in [-0.39, 0.29) is 5.91 Å². The summed E-state index contributed by atoms with van der Waals surface area (Å²) in [5.74, 6) is -1.72. The van der Waals surface area contributed by atoms with Gasteiger partial charge in [-0.1, -0.05) is 30.3 Å². The molecule has 10 nitrogen and oxygen atoms in total. The fraction of sp³-hybridized carbons (Fsp3) is 0.609. The molecule has 5 N–H and O–H groups in total. The predicted molar refractivity (Wildman–Crippen MR) is 123 cm³/mol. The van der Waals surface area contributed by atoms with Crippen molar-refractivity contribution in [1.82, 2.24) is 15.5 Å². The van der Waals surface area contributed by atoms with Crippen LogP contribution < -0.4 is 10.6 Å². The van der Waals surface area contributed by atoms with Gasteiger partial charge in [0.15, 0.2) is 0 Å². The van der Waals surface area contributed by atoms with Gasteiger partial charge in [-0.25, -0.2) is 0 Å². The molecule has 2 atom stereocenters. The van der Waals surface area contributed by atoms with Crippen LogP contribution in [0, 0.1) is 0 Å². The number of benzene rings is 1. The summed E-state index contributed by atoms with van der Waals surface area (Å²) in [7, 11) is 0. The number of aliphatic hydroxyl groups is 1. The van der Waals surface area contributed by atoms with Gasteiger partial charge in [0.1, 0.15) is 0 Å². The number of piperidine rings is 1. The van der Waals surface area contributed by atoms with Crippen LogP contribution in [-0.2, 0) is 24.7 Å². The zero-order chi connectivity index (χ0) is 25.1. The smallest absolute Gasteiger partial charge is 0.300 e. The Morgan fingerprint density at radius 1 is 1.09 bits per heavy atom. The van der Waals surface area contributed by atoms with Crippen LogP contribution in [0.15, 0.2) is 30.3 Å². The van der Waals surface area contributed by atoms with Crippen LogP contribution in [0.5, 0.6) is 0 Å². The number of hydrogen-bond acceptors (Lipinski definition) is 7. The van der Waals surface area contributed by atoms with Crippen LogP contribution in [0.2, 0.25) is 0 Å². The molecule has 0 aromatic heterocycles. The number of β-amino-alcohol motifs (C(OH)–C–C–N with tert-alkyl or cyclic N) is 1. The number of hydrogen-bond donors (Lipinski definition) is 5. The molecule has 1 aromatic carbocycles. The lowest BCUT2D eigenvalue weighted by molar-refractivity contribution is -0.139. The number of carboxylic acid groups (broad SMARTS) is 2. The summed E-state index contributed by atoms with van der Waals surface area (Å²) in [6.45, 7) is 10.0. The number of aliphatic hydroxyl groups excluding tert-OH is 1. The lowest BCUT2D eigenvalue weighted by Crippen LogP contribution is -2.66. The van der Waals surface area contributed by atoms with Gasteiger partial charge in [0.05, 0.1) is 30.4 Å². The van der Waals surface area contributed by atoms with E-state index in [2.05, 4.69) is 15.5 Å². The van der Waals surface area contributed by atoms with Crippen molar-refractivity contribution in [1.29, 1.82) is 0 Å². The second-order valence-corrected chi connectivity index (χ2v) is 8.46. The molecule has 0 aliphatic carbocycles. The van der Waals surface area contributed by atoms with E-state index in [1.165, 1.54) is 0 Å². The number of carboxylic acids is 2. The molecular formula is C23H37N3O7. The van der Waals surface area contributed by atoms with Gasteiger partial charge in [-0.3, -0.25) is 19.3 Å². The van der Waals surface area contributed by atoms with Crippen LogP contribution >= 0.6 is 0 Å². The number of ether oxygens (including phenoxy) is 1. The molecule has 0 spiro atoms. The van der Waals surface area contributed by atoms with Gasteiger partial charge in [-0.15, -0.1) is 0 Å². The molecule has 1 aromatic rings. The number of rotatable bonds is 4. The van der Waals surface area contributed by atoms with Crippen LogP contribution in [0.3, 0.4) is 0 Å². The molecule has 2 heterocycles. The summed E-state index contributed by atoms with van der Waals surface area (Å²) in [6.07, 6.45) is -0.0172. The van der Waals surface area contributed by atoms with Crippen molar-refractivity contribution in [2.75, 3.05) is 39.4 Å². The van der Waals surface area contributed by atoms with Crippen molar-refractivity contribution < 1.29 is 34.4 Å². The van der Waals surface area contributed by atoms with Gasteiger partial charge in [0.25, 0.3) is 11.9 Å². The minimum Gasteiger partial charge on any atom is -0.481 e. The normalized spacial score (nSPS) is 23.1. The van der Waals surface area contributed by atoms with Gasteiger partial charge in [-0.2, -0.15) is 0 Å². The summed E-state index contributed by atoms with van der Waals surface area (Å²) in [4.78, 5) is 33.4. The summed E-state index contributed by atoms with van der Waals surface area (Å²) in [5.41, 5.74) is -0.460. The molecule has 2 aliphatic heterocycles. The maximum atomic E-state index is 13.2. The molecule has 0 bridgehead atoms. The molecule has 0 saturated carbocycles. The largest absolute Gasteiger partial charge is 0.481 e. The maximum absolute atomic E-state index is 13.2. The van der Waals surface area contributed by atoms with E-state index in [1.807, 2.05) is 44.2 Å². The first-order valence-electron chi connectivity index (χ1n) is 10.9. The van der Waals surface area contributed by atoms with E-state index in [0.717, 1.165) is 39.0 Å². The molecule has 10 heteroatoms. The quantitative estimate of drug-likeness (QED) is 0.430. The average Bonchev–Trinajstić information content (AvgIpc) is 2.76. The Hall–Kier alpha value is -2.53. The summed E-state index contributed by atoms with van der Waals surface area (Å²) < 4.78 is 5.41. The lowest BCUT2D eigenvalue weighted by Gasteiger charge is -2.46. The second kappa shape index (κ2) is 13.2. The number of morpholine rings is 1. The highest BCUT2D eigenvalue weighted by atomic mass is 16.5. The highest BCUT2D eigenvalue weighted by Gasteiger charge is 2.46. The fourth-order valence-electron chi connectivity index (χ4n) is 3.78. The molecule has 186 valence electrons. The first kappa shape index (κ1) is 28.5. The molecular weight excluding hydrogens is 430 g/mol. The van der Waals surface area contributed by atoms with E-state index in [1.54, 1.807) is 0 Å². The van der Waals surface area contributed by atoms with Crippen LogP contribution in [0.1, 0.15) is 39.7 Å². The Kier molecular flexibility index (Phi) is 11.4. The van der Waals surface area contributed by atoms with Crippen molar-refractivity contribution in [3.63, 3.8) is 0 Å². The van der Waals surface area contributed by atoms with Gasteiger partial charge in [0.2, 0.25) is 5.91 Å². The van der Waals surface area contributed by atoms with Gasteiger partial charge in [-0.05, 0) is 32.4 Å². The Bertz CT molecular complexity index is 747. The van der Waals surface area contributed by atoms with E-state index >= 15 is 0 Å². The number of carbonyl (C=O) groups excluding carboxylic acids is 1. The van der Waals surface area contributed by atoms with Crippen molar-refractivity contribution in [2.45, 2.75) is 51.3 Å². The van der Waals surface area contributed by atoms with Gasteiger partial charge in [0, 0.05) is 33.5 Å². The molecule has 33 heavy (non-hydrogen) atoms. The minimum absolute atomic E-state index is 0.0563. The third-order valence-corrected chi connectivity index (χ3v) is 5.59. The average molecular weight is 468 g/mol. The maximum Gasteiger partial charge on any atom is 0.300 e. The van der Waals surface area contributed by atoms with Crippen LogP contribution in [0.4, 0.5) is 0 Å². The third kappa shape index (κ3) is 8.73. The second-order valence-electron chi connectivity index (χ2n) is 8.46. The molecule has 0 unspecified atom stereocenters. The highest BCUT2D eigenvalue weighted by Crippen LogP contribution is 2.32. The van der Waals surface area contributed by atoms with E-state index in [0.29, 0.717) is 26.2 Å². The summed E-state index contributed by atoms with van der Waals surface area (Å²) >= 11 is 0. The fourth-order valence-corrected chi connectivity index (χ4v) is 3.78. The van der Waals surface area contributed by atoms with E-state index in [9.17, 15) is 9.90 Å². The van der Waals surface area contributed by atoms with Crippen molar-refractivity contribution in [3.8, 4) is 0 Å². The monoisotopic (exact) mass is 467 g/mol. The van der Waals surface area contributed by atoms with Gasteiger partial charge >= 0.3 is 0 Å². The van der Waals surface area contributed by atoms with E-state index < -0.39 is 29.1 Å². The number of nitrogens with zero attached hydrogens (tertiary/aromatic N) is 1. The Morgan fingerprint density at radius 3 is 2.09 bits per heavy atom. The van der Waals surface area contributed by atoms with Crippen LogP contribution in [-0.4, -0.2) is 89.1 Å². The Morgan fingerprint density at radius 2 is 1.61 bits per heavy atom. The van der Waals surface area contributed by atoms with Crippen molar-refractivity contribution in [2.24, 2.45) is 0 Å². The number of aliphatic carboxylic acids is 2. The van der Waals surface area contributed by atoms with Crippen LogP contribution in [0.25, 0.3) is 0 Å². The summed E-state index contributed by atoms with van der Waals surface area (Å²) in [5, 5.41) is 32.1. The molecule has 2 saturated heterocycles. The Labute approximate surface area is 194 Å². The zero-order valence-corrected chi connectivity index (χ0v) is 19.8. The predicted octanol–water partition coefficient (Wildman–Crippen LogP) is 0.645.